The number of hydrogen-bond acceptors (Lipinski definition) is 2. The normalized spacial score (nSPS) is 16.2. The molecule has 0 aliphatic carbocycles. The van der Waals surface area contributed by atoms with E-state index in [1.54, 1.807) is 0 Å². The molecule has 32 heavy (non-hydrogen) atoms. The largest absolute Gasteiger partial charge is 0.370 e. The number of nitrogens with zero attached hydrogens (tertiary/aromatic N) is 3. The fourth-order valence-electron chi connectivity index (χ4n) is 4.12. The van der Waals surface area contributed by atoms with E-state index in [0.717, 1.165) is 37.3 Å². The summed E-state index contributed by atoms with van der Waals surface area (Å²) in [6, 6.07) is 24.7. The topological polar surface area (TPSA) is 44.9 Å². The average molecular weight is 467 g/mol. The molecule has 0 amide bonds. The van der Waals surface area contributed by atoms with Crippen molar-refractivity contribution in [2.45, 2.75) is 19.5 Å². The first-order valence-electron chi connectivity index (χ1n) is 10.9. The van der Waals surface area contributed by atoms with E-state index in [1.165, 1.54) is 11.1 Å². The number of nitrogens with two attached hydrogens (primary N) is 1. The second-order valence-electron chi connectivity index (χ2n) is 8.16. The highest BCUT2D eigenvalue weighted by molar-refractivity contribution is 6.35. The molecule has 1 heterocycles. The van der Waals surface area contributed by atoms with Crippen molar-refractivity contribution in [2.75, 3.05) is 26.2 Å². The zero-order valence-corrected chi connectivity index (χ0v) is 19.7. The highest BCUT2D eigenvalue weighted by Gasteiger charge is 2.28. The van der Waals surface area contributed by atoms with Crippen LogP contribution in [-0.4, -0.2) is 41.9 Å². The van der Waals surface area contributed by atoms with Gasteiger partial charge >= 0.3 is 0 Å². The maximum atomic E-state index is 6.64. The second kappa shape index (κ2) is 10.4. The van der Waals surface area contributed by atoms with Gasteiger partial charge in [-0.3, -0.25) is 4.90 Å². The Bertz CT molecular complexity index is 1060. The lowest BCUT2D eigenvalue weighted by Gasteiger charge is -2.40. The zero-order valence-electron chi connectivity index (χ0n) is 18.2. The Kier molecular flexibility index (Phi) is 7.36. The molecule has 1 aliphatic heterocycles. The summed E-state index contributed by atoms with van der Waals surface area (Å²) in [5, 5.41) is 1.34. The molecule has 0 saturated carbocycles. The third-order valence-corrected chi connectivity index (χ3v) is 6.48. The Hall–Kier alpha value is -2.53. The van der Waals surface area contributed by atoms with E-state index in [1.807, 2.05) is 36.4 Å². The minimum absolute atomic E-state index is 0.0602. The highest BCUT2D eigenvalue weighted by atomic mass is 35.5. The summed E-state index contributed by atoms with van der Waals surface area (Å²) in [5.41, 5.74) is 11.0. The summed E-state index contributed by atoms with van der Waals surface area (Å²) in [6.07, 6.45) is 0. The summed E-state index contributed by atoms with van der Waals surface area (Å²) >= 11 is 12.8. The molecular weight excluding hydrogens is 439 g/mol. The Labute approximate surface area is 200 Å². The number of rotatable bonds is 5. The molecule has 166 valence electrons. The van der Waals surface area contributed by atoms with Gasteiger partial charge in [0.25, 0.3) is 0 Å². The van der Waals surface area contributed by atoms with Gasteiger partial charge in [0.05, 0.1) is 12.6 Å². The number of hydrogen-bond donors (Lipinski definition) is 1. The lowest BCUT2D eigenvalue weighted by atomic mass is 9.95. The summed E-state index contributed by atoms with van der Waals surface area (Å²) in [7, 11) is 0. The van der Waals surface area contributed by atoms with Crippen LogP contribution in [0.5, 0.6) is 0 Å². The predicted molar refractivity (Wildman–Crippen MR) is 134 cm³/mol. The van der Waals surface area contributed by atoms with E-state index in [9.17, 15) is 0 Å². The van der Waals surface area contributed by atoms with Gasteiger partial charge in [-0.25, -0.2) is 4.99 Å². The van der Waals surface area contributed by atoms with Crippen LogP contribution in [0.25, 0.3) is 0 Å². The standard InChI is InChI=1S/C26H28Cl2N4/c1-19-7-9-21(10-8-19)25(23-12-11-22(27)17-24(23)28)31-13-15-32(16-14-31)26(29)30-18-20-5-3-2-4-6-20/h2-12,17,25H,13-16,18H2,1H3,(H2,29,30). The van der Waals surface area contributed by atoms with Crippen molar-refractivity contribution in [2.24, 2.45) is 10.7 Å². The van der Waals surface area contributed by atoms with Crippen LogP contribution in [0.1, 0.15) is 28.3 Å². The van der Waals surface area contributed by atoms with E-state index < -0.39 is 0 Å². The van der Waals surface area contributed by atoms with Gasteiger partial charge in [0.15, 0.2) is 5.96 Å². The van der Waals surface area contributed by atoms with Crippen molar-refractivity contribution in [3.8, 4) is 0 Å². The molecule has 1 saturated heterocycles. The maximum absolute atomic E-state index is 6.64. The first-order chi connectivity index (χ1) is 15.5. The van der Waals surface area contributed by atoms with Crippen molar-refractivity contribution in [1.82, 2.24) is 9.80 Å². The molecule has 1 unspecified atom stereocenters. The molecule has 0 bridgehead atoms. The van der Waals surface area contributed by atoms with Crippen LogP contribution in [0.15, 0.2) is 77.8 Å². The molecule has 0 aromatic heterocycles. The molecule has 0 radical (unpaired) electrons. The van der Waals surface area contributed by atoms with Gasteiger partial charge in [0.2, 0.25) is 0 Å². The molecule has 3 aromatic carbocycles. The summed E-state index contributed by atoms with van der Waals surface area (Å²) in [4.78, 5) is 9.22. The average Bonchev–Trinajstić information content (AvgIpc) is 2.81. The van der Waals surface area contributed by atoms with E-state index in [-0.39, 0.29) is 6.04 Å². The van der Waals surface area contributed by atoms with Crippen LogP contribution in [-0.2, 0) is 6.54 Å². The number of benzene rings is 3. The first kappa shape index (κ1) is 22.7. The summed E-state index contributed by atoms with van der Waals surface area (Å²) in [5.74, 6) is 0.602. The molecule has 0 spiro atoms. The van der Waals surface area contributed by atoms with E-state index in [0.29, 0.717) is 22.5 Å². The second-order valence-corrected chi connectivity index (χ2v) is 9.01. The van der Waals surface area contributed by atoms with Crippen molar-refractivity contribution < 1.29 is 0 Å². The van der Waals surface area contributed by atoms with Gasteiger partial charge in [0.1, 0.15) is 0 Å². The number of piperazine rings is 1. The van der Waals surface area contributed by atoms with E-state index in [2.05, 4.69) is 58.1 Å². The Morgan fingerprint density at radius 3 is 2.28 bits per heavy atom. The van der Waals surface area contributed by atoms with Crippen molar-refractivity contribution in [3.63, 3.8) is 0 Å². The van der Waals surface area contributed by atoms with Gasteiger partial charge in [-0.1, -0.05) is 89.4 Å². The lowest BCUT2D eigenvalue weighted by molar-refractivity contribution is 0.149. The third-order valence-electron chi connectivity index (χ3n) is 5.92. The lowest BCUT2D eigenvalue weighted by Crippen LogP contribution is -2.52. The van der Waals surface area contributed by atoms with Gasteiger partial charge < -0.3 is 10.6 Å². The highest BCUT2D eigenvalue weighted by Crippen LogP contribution is 2.35. The molecule has 3 aromatic rings. The molecular formula is C26H28Cl2N4. The molecule has 4 nitrogen and oxygen atoms in total. The predicted octanol–water partition coefficient (Wildman–Crippen LogP) is 5.52. The van der Waals surface area contributed by atoms with Crippen LogP contribution in [0.3, 0.4) is 0 Å². The quantitative estimate of drug-likeness (QED) is 0.397. The Balaban J connectivity index is 1.50. The molecule has 1 atom stereocenters. The van der Waals surface area contributed by atoms with E-state index in [4.69, 9.17) is 28.9 Å². The third kappa shape index (κ3) is 5.44. The smallest absolute Gasteiger partial charge is 0.191 e. The van der Waals surface area contributed by atoms with Gasteiger partial charge in [-0.2, -0.15) is 0 Å². The molecule has 4 rings (SSSR count). The number of aryl methyl sites for hydroxylation is 1. The number of halogens is 2. The minimum atomic E-state index is 0.0602. The van der Waals surface area contributed by atoms with Gasteiger partial charge in [-0.15, -0.1) is 0 Å². The van der Waals surface area contributed by atoms with Crippen LogP contribution < -0.4 is 5.73 Å². The van der Waals surface area contributed by atoms with Crippen LogP contribution >= 0.6 is 23.2 Å². The summed E-state index contributed by atoms with van der Waals surface area (Å²) in [6.45, 7) is 6.05. The molecule has 2 N–H and O–H groups in total. The monoisotopic (exact) mass is 466 g/mol. The van der Waals surface area contributed by atoms with Crippen LogP contribution in [0.2, 0.25) is 10.0 Å². The molecule has 1 aliphatic rings. The van der Waals surface area contributed by atoms with Gasteiger partial charge in [0, 0.05) is 36.2 Å². The molecule has 6 heteroatoms. The SMILES string of the molecule is Cc1ccc(C(c2ccc(Cl)cc2Cl)N2CCN(C(N)=NCc3ccccc3)CC2)cc1. The van der Waals surface area contributed by atoms with Crippen molar-refractivity contribution in [1.29, 1.82) is 0 Å². The Morgan fingerprint density at radius 1 is 0.938 bits per heavy atom. The fourth-order valence-corrected chi connectivity index (χ4v) is 4.64. The van der Waals surface area contributed by atoms with Crippen molar-refractivity contribution in [3.05, 3.63) is 105 Å². The first-order valence-corrected chi connectivity index (χ1v) is 11.6. The van der Waals surface area contributed by atoms with Crippen LogP contribution in [0, 0.1) is 6.92 Å². The molecule has 1 fully saturated rings. The maximum Gasteiger partial charge on any atom is 0.191 e. The minimum Gasteiger partial charge on any atom is -0.370 e. The van der Waals surface area contributed by atoms with Crippen molar-refractivity contribution >= 4 is 29.2 Å². The zero-order chi connectivity index (χ0) is 22.5. The number of guanidine groups is 1. The van der Waals surface area contributed by atoms with E-state index >= 15 is 0 Å². The fraction of sp³-hybridized carbons (Fsp3) is 0.269. The Morgan fingerprint density at radius 2 is 1.62 bits per heavy atom. The number of aliphatic imine (C=N–C) groups is 1. The van der Waals surface area contributed by atoms with Gasteiger partial charge in [-0.05, 0) is 35.7 Å². The summed E-state index contributed by atoms with van der Waals surface area (Å²) < 4.78 is 0. The van der Waals surface area contributed by atoms with Crippen LogP contribution in [0.4, 0.5) is 0 Å².